The number of fused-ring (bicyclic) bond motifs is 2. The Morgan fingerprint density at radius 1 is 1.03 bits per heavy atom. The molecule has 158 valence electrons. The first-order valence-electron chi connectivity index (χ1n) is 10.9. The van der Waals surface area contributed by atoms with Crippen LogP contribution in [0, 0.1) is 0 Å². The van der Waals surface area contributed by atoms with Crippen molar-refractivity contribution in [3.8, 4) is 11.5 Å². The van der Waals surface area contributed by atoms with Gasteiger partial charge in [-0.3, -0.25) is 10.0 Å². The molecule has 3 N–H and O–H groups in total. The van der Waals surface area contributed by atoms with Crippen LogP contribution in [0.2, 0.25) is 0 Å². The molecule has 1 saturated heterocycles. The highest BCUT2D eigenvalue weighted by atomic mass is 32.2. The van der Waals surface area contributed by atoms with Crippen molar-refractivity contribution in [2.75, 3.05) is 19.8 Å². The molecule has 6 heteroatoms. The van der Waals surface area contributed by atoms with Gasteiger partial charge in [-0.1, -0.05) is 30.1 Å². The van der Waals surface area contributed by atoms with Crippen LogP contribution in [0.25, 0.3) is 10.9 Å². The molecule has 0 radical (unpaired) electrons. The third kappa shape index (κ3) is 4.31. The van der Waals surface area contributed by atoms with Gasteiger partial charge in [0.2, 0.25) is 0 Å². The summed E-state index contributed by atoms with van der Waals surface area (Å²) < 4.78 is 11.4. The zero-order valence-electron chi connectivity index (χ0n) is 17.2. The number of hydrogen-bond acceptors (Lipinski definition) is 5. The second kappa shape index (κ2) is 8.92. The molecule has 1 atom stereocenters. The number of nitrogens with zero attached hydrogens (tertiary/aromatic N) is 1. The van der Waals surface area contributed by atoms with Gasteiger partial charge < -0.3 is 14.5 Å². The van der Waals surface area contributed by atoms with Crippen LogP contribution < -0.4 is 14.6 Å². The summed E-state index contributed by atoms with van der Waals surface area (Å²) in [4.78, 5) is 5.90. The van der Waals surface area contributed by atoms with Gasteiger partial charge in [-0.05, 0) is 67.6 Å². The van der Waals surface area contributed by atoms with E-state index in [4.69, 9.17) is 14.6 Å². The lowest BCUT2D eigenvalue weighted by atomic mass is 10.0. The Morgan fingerprint density at radius 3 is 2.70 bits per heavy atom. The predicted octanol–water partition coefficient (Wildman–Crippen LogP) is 5.03. The van der Waals surface area contributed by atoms with Crippen LogP contribution in [0.1, 0.15) is 42.9 Å². The number of ether oxygens (including phenoxy) is 2. The van der Waals surface area contributed by atoms with Crippen LogP contribution in [0.5, 0.6) is 11.5 Å². The number of rotatable bonds is 4. The largest absolute Gasteiger partial charge is 0.486 e. The maximum Gasteiger partial charge on any atom is 0.161 e. The van der Waals surface area contributed by atoms with Gasteiger partial charge in [0.05, 0.1) is 0 Å². The van der Waals surface area contributed by atoms with Gasteiger partial charge in [-0.25, -0.2) is 0 Å². The number of hydrogen-bond donors (Lipinski definition) is 2. The number of benzene rings is 2. The van der Waals surface area contributed by atoms with Gasteiger partial charge in [-0.15, -0.1) is 0 Å². The fourth-order valence-corrected chi connectivity index (χ4v) is 4.78. The first-order chi connectivity index (χ1) is 14.8. The second-order valence-corrected chi connectivity index (χ2v) is 9.16. The summed E-state index contributed by atoms with van der Waals surface area (Å²) in [5.41, 5.74) is 3.94. The zero-order chi connectivity index (χ0) is 20.3. The fourth-order valence-electron chi connectivity index (χ4n) is 4.37. The maximum absolute atomic E-state index is 5.78. The highest BCUT2D eigenvalue weighted by molar-refractivity contribution is 7.97. The van der Waals surface area contributed by atoms with Crippen molar-refractivity contribution < 1.29 is 9.47 Å². The number of aromatic amines is 1. The minimum atomic E-state index is 0.449. The Kier molecular flexibility index (Phi) is 5.88. The summed E-state index contributed by atoms with van der Waals surface area (Å²) in [7, 11) is 0. The van der Waals surface area contributed by atoms with E-state index >= 15 is 0 Å². The molecule has 6 rings (SSSR count). The molecule has 2 aliphatic heterocycles. The third-order valence-corrected chi connectivity index (χ3v) is 6.95. The van der Waals surface area contributed by atoms with Gasteiger partial charge in [0.1, 0.15) is 13.2 Å². The maximum atomic E-state index is 5.78. The van der Waals surface area contributed by atoms with E-state index in [0.717, 1.165) is 29.8 Å². The quantitative estimate of drug-likeness (QED) is 0.576. The number of H-pyrrole nitrogens is 1. The lowest BCUT2D eigenvalue weighted by Gasteiger charge is -2.27. The Hall–Kier alpha value is -2.15. The van der Waals surface area contributed by atoms with Crippen LogP contribution in [0.15, 0.2) is 48.7 Å². The van der Waals surface area contributed by atoms with Crippen molar-refractivity contribution >= 4 is 22.9 Å². The van der Waals surface area contributed by atoms with Crippen molar-refractivity contribution in [1.82, 2.24) is 9.88 Å². The van der Waals surface area contributed by atoms with Crippen LogP contribution in [-0.4, -0.2) is 34.9 Å². The van der Waals surface area contributed by atoms with E-state index in [0.29, 0.717) is 19.3 Å². The van der Waals surface area contributed by atoms with Crippen molar-refractivity contribution in [1.29, 1.82) is 0 Å². The molecule has 0 amide bonds. The van der Waals surface area contributed by atoms with E-state index in [1.807, 2.05) is 6.20 Å². The van der Waals surface area contributed by atoms with Gasteiger partial charge in [-0.2, -0.15) is 0 Å². The SMILES string of the molecule is NSC1CC1.c1cc(CN2CCCC2c2ccc3c(c2)OCCO3)c2cc[nH]c2c1. The topological polar surface area (TPSA) is 63.5 Å². The summed E-state index contributed by atoms with van der Waals surface area (Å²) >= 11 is 1.49. The Morgan fingerprint density at radius 2 is 1.90 bits per heavy atom. The second-order valence-electron chi connectivity index (χ2n) is 8.22. The van der Waals surface area contributed by atoms with E-state index in [9.17, 15) is 0 Å². The van der Waals surface area contributed by atoms with E-state index in [-0.39, 0.29) is 0 Å². The summed E-state index contributed by atoms with van der Waals surface area (Å²) in [6.07, 6.45) is 7.16. The molecule has 1 unspecified atom stereocenters. The molecule has 3 heterocycles. The van der Waals surface area contributed by atoms with Crippen LogP contribution in [0.4, 0.5) is 0 Å². The highest BCUT2D eigenvalue weighted by Gasteiger charge is 2.27. The molecular weight excluding hydrogens is 394 g/mol. The van der Waals surface area contributed by atoms with Gasteiger partial charge >= 0.3 is 0 Å². The molecule has 2 aromatic carbocycles. The number of aromatic nitrogens is 1. The first-order valence-corrected chi connectivity index (χ1v) is 11.8. The molecule has 3 aromatic rings. The number of nitrogens with two attached hydrogens (primary N) is 1. The molecule has 1 saturated carbocycles. The molecule has 3 aliphatic rings. The minimum absolute atomic E-state index is 0.449. The Balaban J connectivity index is 0.000000340. The summed E-state index contributed by atoms with van der Waals surface area (Å²) in [6, 6.07) is 15.6. The monoisotopic (exact) mass is 423 g/mol. The van der Waals surface area contributed by atoms with Crippen LogP contribution >= 0.6 is 11.9 Å². The van der Waals surface area contributed by atoms with Gasteiger partial charge in [0, 0.05) is 34.9 Å². The summed E-state index contributed by atoms with van der Waals surface area (Å²) in [5.74, 6) is 1.76. The van der Waals surface area contributed by atoms with Crippen molar-refractivity contribution in [2.24, 2.45) is 5.14 Å². The minimum Gasteiger partial charge on any atom is -0.486 e. The number of likely N-dealkylation sites (tertiary alicyclic amines) is 1. The molecule has 30 heavy (non-hydrogen) atoms. The van der Waals surface area contributed by atoms with Crippen LogP contribution in [-0.2, 0) is 6.54 Å². The molecule has 0 spiro atoms. The van der Waals surface area contributed by atoms with Crippen molar-refractivity contribution in [2.45, 2.75) is 43.5 Å². The van der Waals surface area contributed by atoms with Crippen molar-refractivity contribution in [3.63, 3.8) is 0 Å². The normalized spacial score (nSPS) is 20.8. The molecule has 2 fully saturated rings. The highest BCUT2D eigenvalue weighted by Crippen LogP contribution is 2.39. The third-order valence-electron chi connectivity index (χ3n) is 6.09. The number of nitrogens with one attached hydrogen (secondary N) is 1. The van der Waals surface area contributed by atoms with E-state index < -0.39 is 0 Å². The lowest BCUT2D eigenvalue weighted by molar-refractivity contribution is 0.170. The summed E-state index contributed by atoms with van der Waals surface area (Å²) in [6.45, 7) is 3.40. The zero-order valence-corrected chi connectivity index (χ0v) is 18.0. The van der Waals surface area contributed by atoms with E-state index in [1.54, 1.807) is 0 Å². The molecular formula is C24H29N3O2S. The average Bonchev–Trinajstić information content (AvgIpc) is 3.31. The van der Waals surface area contributed by atoms with Gasteiger partial charge in [0.25, 0.3) is 0 Å². The Labute approximate surface area is 182 Å². The summed E-state index contributed by atoms with van der Waals surface area (Å²) in [5, 5.41) is 7.31. The van der Waals surface area contributed by atoms with E-state index in [1.165, 1.54) is 59.7 Å². The van der Waals surface area contributed by atoms with E-state index in [2.05, 4.69) is 52.3 Å². The fraction of sp³-hybridized carbons (Fsp3) is 0.417. The van der Waals surface area contributed by atoms with Crippen LogP contribution in [0.3, 0.4) is 0 Å². The standard InChI is InChI=1S/C21H22N2O2.C3H7NS/c1-3-16(17-8-9-22-18(17)4-1)14-23-10-2-5-19(23)15-6-7-20-21(13-15)25-12-11-24-20;4-5-3-1-2-3/h1,3-4,6-9,13,19,22H,2,5,10-12,14H2;3H,1-2,4H2. The van der Waals surface area contributed by atoms with Gasteiger partial charge in [0.15, 0.2) is 11.5 Å². The average molecular weight is 424 g/mol. The lowest BCUT2D eigenvalue weighted by Crippen LogP contribution is -2.23. The molecule has 5 nitrogen and oxygen atoms in total. The Bertz CT molecular complexity index is 1000. The smallest absolute Gasteiger partial charge is 0.161 e. The predicted molar refractivity (Wildman–Crippen MR) is 123 cm³/mol. The first kappa shape index (κ1) is 19.8. The molecule has 0 bridgehead atoms. The molecule has 1 aromatic heterocycles. The molecule has 1 aliphatic carbocycles. The van der Waals surface area contributed by atoms with Crippen molar-refractivity contribution in [3.05, 3.63) is 59.8 Å².